The van der Waals surface area contributed by atoms with E-state index in [1.54, 1.807) is 12.3 Å². The van der Waals surface area contributed by atoms with Crippen molar-refractivity contribution in [3.8, 4) is 11.1 Å². The Morgan fingerprint density at radius 1 is 1.32 bits per heavy atom. The predicted molar refractivity (Wildman–Crippen MR) is 107 cm³/mol. The predicted octanol–water partition coefficient (Wildman–Crippen LogP) is 4.34. The quantitative estimate of drug-likeness (QED) is 0.491. The molecule has 1 aromatic carbocycles. The number of pyridine rings is 2. The lowest BCUT2D eigenvalue weighted by Crippen LogP contribution is -2.18. The van der Waals surface area contributed by atoms with Crippen LogP contribution in [0.15, 0.2) is 24.5 Å². The largest absolute Gasteiger partial charge is 0.465 e. The number of nitrogens with one attached hydrogen (secondary N) is 2. The van der Waals surface area contributed by atoms with Gasteiger partial charge in [0.25, 0.3) is 0 Å². The molecule has 0 saturated heterocycles. The molecule has 4 rings (SSSR count). The molecule has 0 saturated carbocycles. The molecule has 3 aromatic rings. The minimum atomic E-state index is -1.22. The molecule has 2 aromatic heterocycles. The summed E-state index contributed by atoms with van der Waals surface area (Å²) < 4.78 is 15.1. The number of nitrogens with two attached hydrogens (primary N) is 1. The third kappa shape index (κ3) is 2.87. The zero-order valence-corrected chi connectivity index (χ0v) is 15.5. The van der Waals surface area contributed by atoms with Crippen LogP contribution in [0.2, 0.25) is 0 Å². The Kier molecular flexibility index (Phi) is 4.26. The highest BCUT2D eigenvalue weighted by Crippen LogP contribution is 2.40. The molecule has 0 unspecified atom stereocenters. The lowest BCUT2D eigenvalue weighted by molar-refractivity contribution is 0.209. The number of benzene rings is 1. The molecule has 0 spiro atoms. The van der Waals surface area contributed by atoms with Gasteiger partial charge in [-0.2, -0.15) is 0 Å². The molecule has 1 amide bonds. The van der Waals surface area contributed by atoms with Crippen molar-refractivity contribution in [3.05, 3.63) is 41.6 Å². The van der Waals surface area contributed by atoms with E-state index in [2.05, 4.69) is 27.5 Å². The molecular weight excluding hydrogens is 361 g/mol. The van der Waals surface area contributed by atoms with Crippen LogP contribution < -0.4 is 16.4 Å². The monoisotopic (exact) mass is 381 g/mol. The maximum absolute atomic E-state index is 15.1. The molecule has 28 heavy (non-hydrogen) atoms. The van der Waals surface area contributed by atoms with Gasteiger partial charge in [0.1, 0.15) is 5.82 Å². The number of hydrogen-bond donors (Lipinski definition) is 4. The third-order valence-electron chi connectivity index (χ3n) is 5.24. The van der Waals surface area contributed by atoms with Gasteiger partial charge in [-0.25, -0.2) is 14.2 Å². The highest BCUT2D eigenvalue weighted by Gasteiger charge is 2.23. The summed E-state index contributed by atoms with van der Waals surface area (Å²) in [5.41, 5.74) is 9.81. The number of fused-ring (bicyclic) bond motifs is 2. The van der Waals surface area contributed by atoms with Gasteiger partial charge < -0.3 is 16.2 Å². The molecule has 1 aliphatic rings. The van der Waals surface area contributed by atoms with Gasteiger partial charge in [-0.1, -0.05) is 6.92 Å². The van der Waals surface area contributed by atoms with E-state index in [0.29, 0.717) is 27.8 Å². The van der Waals surface area contributed by atoms with Crippen LogP contribution in [0, 0.1) is 12.7 Å². The van der Waals surface area contributed by atoms with Crippen LogP contribution in [0.25, 0.3) is 21.9 Å². The fourth-order valence-corrected chi connectivity index (χ4v) is 3.71. The number of amides is 1. The average Bonchev–Trinajstić information content (AvgIpc) is 2.65. The zero-order valence-electron chi connectivity index (χ0n) is 15.5. The number of nitrogens with zero attached hydrogens (tertiary/aromatic N) is 2. The van der Waals surface area contributed by atoms with Crippen LogP contribution in [0.5, 0.6) is 0 Å². The van der Waals surface area contributed by atoms with E-state index in [9.17, 15) is 4.79 Å². The van der Waals surface area contributed by atoms with E-state index in [0.717, 1.165) is 29.9 Å². The van der Waals surface area contributed by atoms with Crippen LogP contribution in [-0.2, 0) is 0 Å². The number of carboxylic acid groups (broad SMARTS) is 1. The van der Waals surface area contributed by atoms with Gasteiger partial charge in [0.05, 0.1) is 17.1 Å². The molecule has 1 atom stereocenters. The molecule has 7 nitrogen and oxygen atoms in total. The highest BCUT2D eigenvalue weighted by atomic mass is 19.1. The van der Waals surface area contributed by atoms with E-state index < -0.39 is 11.9 Å². The summed E-state index contributed by atoms with van der Waals surface area (Å²) in [4.78, 5) is 19.4. The standard InChI is InChI=1S/C20H20FN5O2/c1-9-3-4-23-19-10(2)13(7-25-18(9)19)12-5-11-6-15(26-20(27)28)24-8-14(11)17(22)16(12)21/h5-9,23H,3-4,22H2,1-2H3,(H,24,26)(H,27,28)/t9-/m1/s1. The molecule has 1 aliphatic heterocycles. The average molecular weight is 381 g/mol. The Morgan fingerprint density at radius 2 is 2.11 bits per heavy atom. The van der Waals surface area contributed by atoms with Gasteiger partial charge in [0, 0.05) is 41.4 Å². The fraction of sp³-hybridized carbons (Fsp3) is 0.250. The van der Waals surface area contributed by atoms with E-state index in [-0.39, 0.29) is 11.5 Å². The molecule has 3 heterocycles. The first-order valence-corrected chi connectivity index (χ1v) is 8.98. The lowest BCUT2D eigenvalue weighted by atomic mass is 9.91. The maximum Gasteiger partial charge on any atom is 0.410 e. The molecule has 0 bridgehead atoms. The second-order valence-corrected chi connectivity index (χ2v) is 7.05. The molecule has 5 N–H and O–H groups in total. The minimum absolute atomic E-state index is 0.0275. The van der Waals surface area contributed by atoms with Gasteiger partial charge in [-0.15, -0.1) is 0 Å². The first-order chi connectivity index (χ1) is 13.4. The smallest absolute Gasteiger partial charge is 0.410 e. The highest BCUT2D eigenvalue weighted by molar-refractivity contribution is 5.99. The number of nitrogen functional groups attached to an aromatic ring is 1. The SMILES string of the molecule is Cc1c(-c2cc3cc(NC(=O)O)ncc3c(N)c2F)cnc2c1NCC[C@H]2C. The number of hydrogen-bond acceptors (Lipinski definition) is 5. The van der Waals surface area contributed by atoms with E-state index in [1.165, 1.54) is 12.3 Å². The Morgan fingerprint density at radius 3 is 2.86 bits per heavy atom. The van der Waals surface area contributed by atoms with Crippen molar-refractivity contribution < 1.29 is 14.3 Å². The molecule has 0 aliphatic carbocycles. The number of anilines is 3. The van der Waals surface area contributed by atoms with Crippen LogP contribution in [0.4, 0.5) is 26.4 Å². The van der Waals surface area contributed by atoms with Gasteiger partial charge >= 0.3 is 6.09 Å². The summed E-state index contributed by atoms with van der Waals surface area (Å²) in [5.74, 6) is -0.0547. The van der Waals surface area contributed by atoms with Gasteiger partial charge in [0.15, 0.2) is 5.82 Å². The topological polar surface area (TPSA) is 113 Å². The number of carbonyl (C=O) groups is 1. The Hall–Kier alpha value is -3.42. The minimum Gasteiger partial charge on any atom is -0.465 e. The Bertz CT molecular complexity index is 1120. The number of rotatable bonds is 2. The number of aromatic nitrogens is 2. The van der Waals surface area contributed by atoms with Crippen molar-refractivity contribution in [1.29, 1.82) is 0 Å². The van der Waals surface area contributed by atoms with Crippen molar-refractivity contribution >= 4 is 34.1 Å². The normalized spacial score (nSPS) is 15.8. The second-order valence-electron chi connectivity index (χ2n) is 7.05. The zero-order chi connectivity index (χ0) is 20.0. The molecule has 144 valence electrons. The van der Waals surface area contributed by atoms with E-state index in [4.69, 9.17) is 10.8 Å². The summed E-state index contributed by atoms with van der Waals surface area (Å²) in [5, 5.41) is 15.5. The molecular formula is C20H20FN5O2. The maximum atomic E-state index is 15.1. The lowest BCUT2D eigenvalue weighted by Gasteiger charge is -2.26. The Labute approximate surface area is 160 Å². The molecule has 0 fully saturated rings. The third-order valence-corrected chi connectivity index (χ3v) is 5.24. The second kappa shape index (κ2) is 6.63. The van der Waals surface area contributed by atoms with Gasteiger partial charge in [-0.3, -0.25) is 10.3 Å². The molecule has 8 heteroatoms. The summed E-state index contributed by atoms with van der Waals surface area (Å²) in [6, 6.07) is 3.18. The van der Waals surface area contributed by atoms with Crippen molar-refractivity contribution in [2.24, 2.45) is 0 Å². The van der Waals surface area contributed by atoms with E-state index in [1.807, 2.05) is 6.92 Å². The number of halogens is 1. The van der Waals surface area contributed by atoms with Crippen molar-refractivity contribution in [2.75, 3.05) is 22.9 Å². The molecule has 0 radical (unpaired) electrons. The first kappa shape index (κ1) is 18.0. The van der Waals surface area contributed by atoms with Crippen LogP contribution in [0.1, 0.15) is 30.5 Å². The summed E-state index contributed by atoms with van der Waals surface area (Å²) in [7, 11) is 0. The summed E-state index contributed by atoms with van der Waals surface area (Å²) >= 11 is 0. The van der Waals surface area contributed by atoms with Crippen LogP contribution in [-0.4, -0.2) is 27.7 Å². The summed E-state index contributed by atoms with van der Waals surface area (Å²) in [6.07, 6.45) is 2.82. The van der Waals surface area contributed by atoms with Crippen molar-refractivity contribution in [1.82, 2.24) is 9.97 Å². The fourth-order valence-electron chi connectivity index (χ4n) is 3.71. The van der Waals surface area contributed by atoms with Gasteiger partial charge in [-0.05, 0) is 36.4 Å². The van der Waals surface area contributed by atoms with Crippen LogP contribution >= 0.6 is 0 Å². The van der Waals surface area contributed by atoms with Crippen LogP contribution in [0.3, 0.4) is 0 Å². The van der Waals surface area contributed by atoms with E-state index >= 15 is 4.39 Å². The van der Waals surface area contributed by atoms with Crippen molar-refractivity contribution in [2.45, 2.75) is 26.2 Å². The summed E-state index contributed by atoms with van der Waals surface area (Å²) in [6.45, 7) is 4.91. The Balaban J connectivity index is 1.91. The first-order valence-electron chi connectivity index (χ1n) is 8.98. The van der Waals surface area contributed by atoms with Gasteiger partial charge in [0.2, 0.25) is 0 Å². The van der Waals surface area contributed by atoms with Crippen molar-refractivity contribution in [3.63, 3.8) is 0 Å².